The summed E-state index contributed by atoms with van der Waals surface area (Å²) in [5.74, 6) is 0.934. The maximum Gasteiger partial charge on any atom is 0.159 e. The quantitative estimate of drug-likeness (QED) is 0.401. The Hall–Kier alpha value is -0.620. The normalized spacial score (nSPS) is 10.6. The van der Waals surface area contributed by atoms with Crippen LogP contribution in [-0.2, 0) is 6.54 Å². The number of methoxy groups -OCH3 is 1. The molecule has 1 aromatic carbocycles. The van der Waals surface area contributed by atoms with Crippen molar-refractivity contribution >= 4 is 5.78 Å². The van der Waals surface area contributed by atoms with Crippen LogP contribution in [0.2, 0.25) is 0 Å². The molecule has 0 fully saturated rings. The molecule has 0 aliphatic heterocycles. The van der Waals surface area contributed by atoms with Gasteiger partial charge < -0.3 is 33.2 Å². The monoisotopic (exact) mass is 349 g/mol. The van der Waals surface area contributed by atoms with Crippen LogP contribution in [0.15, 0.2) is 18.2 Å². The Morgan fingerprint density at radius 2 is 1.88 bits per heavy atom. The van der Waals surface area contributed by atoms with Gasteiger partial charge in [0.1, 0.15) is 12.3 Å². The van der Waals surface area contributed by atoms with Gasteiger partial charge in [-0.2, -0.15) is 0 Å². The van der Waals surface area contributed by atoms with E-state index in [1.165, 1.54) is 0 Å². The summed E-state index contributed by atoms with van der Waals surface area (Å²) in [6, 6.07) is 5.59. The van der Waals surface area contributed by atoms with Crippen LogP contribution >= 0.6 is 0 Å². The van der Waals surface area contributed by atoms with E-state index in [2.05, 4.69) is 21.1 Å². The lowest BCUT2D eigenvalue weighted by Gasteiger charge is -2.25. The molecule has 96 valence electrons. The summed E-state index contributed by atoms with van der Waals surface area (Å²) in [6.07, 6.45) is 0. The van der Waals surface area contributed by atoms with Gasteiger partial charge in [-0.3, -0.25) is 4.79 Å². The molecule has 0 unspecified atom stereocenters. The third kappa shape index (κ3) is 5.04. The molecule has 1 rings (SSSR count). The molecule has 1 aromatic rings. The van der Waals surface area contributed by atoms with Crippen LogP contribution < -0.4 is 28.7 Å². The highest BCUT2D eigenvalue weighted by atomic mass is 127. The van der Waals surface area contributed by atoms with Crippen molar-refractivity contribution in [3.63, 3.8) is 0 Å². The molecule has 0 saturated heterocycles. The zero-order chi connectivity index (χ0) is 12.3. The van der Waals surface area contributed by atoms with Gasteiger partial charge in [-0.25, -0.2) is 0 Å². The molecule has 0 aliphatic carbocycles. The minimum Gasteiger partial charge on any atom is -1.00 e. The van der Waals surface area contributed by atoms with Crippen LogP contribution in [0, 0.1) is 0 Å². The number of carbonyl (C=O) groups excluding carboxylic acids is 1. The summed E-state index contributed by atoms with van der Waals surface area (Å²) < 4.78 is 6.11. The van der Waals surface area contributed by atoms with Crippen LogP contribution in [0.1, 0.15) is 22.8 Å². The third-order valence-electron chi connectivity index (χ3n) is 2.33. The highest BCUT2D eigenvalue weighted by molar-refractivity contribution is 5.94. The fourth-order valence-corrected chi connectivity index (χ4v) is 1.63. The molecule has 0 amide bonds. The van der Waals surface area contributed by atoms with Crippen molar-refractivity contribution in [2.45, 2.75) is 13.5 Å². The first-order valence-electron chi connectivity index (χ1n) is 5.32. The standard InChI is InChI=1S/C13H20NO2.HI/c1-10(15)11-6-7-13(16-5)12(8-11)9-14(2,3)4;/h6-8H,9H2,1-5H3;1H/q+1;/p-1. The summed E-state index contributed by atoms with van der Waals surface area (Å²) in [7, 11) is 7.99. The molecule has 0 aromatic heterocycles. The minimum atomic E-state index is 0. The molecule has 0 bridgehead atoms. The number of Topliss-reactive ketones (excluding diaryl/α,β-unsaturated/α-hetero) is 1. The Labute approximate surface area is 120 Å². The van der Waals surface area contributed by atoms with E-state index in [1.54, 1.807) is 20.1 Å². The Morgan fingerprint density at radius 1 is 1.29 bits per heavy atom. The number of benzene rings is 1. The van der Waals surface area contributed by atoms with Gasteiger partial charge in [0.05, 0.1) is 28.3 Å². The molecule has 0 radical (unpaired) electrons. The van der Waals surface area contributed by atoms with E-state index in [9.17, 15) is 4.79 Å². The van der Waals surface area contributed by atoms with Gasteiger partial charge in [0.2, 0.25) is 0 Å². The average Bonchev–Trinajstić information content (AvgIpc) is 2.15. The smallest absolute Gasteiger partial charge is 0.159 e. The van der Waals surface area contributed by atoms with Crippen molar-refractivity contribution in [1.29, 1.82) is 0 Å². The van der Waals surface area contributed by atoms with Crippen LogP contribution in [0.3, 0.4) is 0 Å². The number of rotatable bonds is 4. The largest absolute Gasteiger partial charge is 1.00 e. The molecule has 0 spiro atoms. The van der Waals surface area contributed by atoms with E-state index in [1.807, 2.05) is 12.1 Å². The Bertz CT molecular complexity index is 397. The van der Waals surface area contributed by atoms with Gasteiger partial charge in [0, 0.05) is 11.1 Å². The van der Waals surface area contributed by atoms with E-state index in [-0.39, 0.29) is 29.8 Å². The highest BCUT2D eigenvalue weighted by Gasteiger charge is 2.14. The number of carbonyl (C=O) groups is 1. The average molecular weight is 349 g/mol. The predicted octanol–water partition coefficient (Wildman–Crippen LogP) is -0.892. The maximum absolute atomic E-state index is 11.3. The van der Waals surface area contributed by atoms with Crippen LogP contribution in [0.4, 0.5) is 0 Å². The summed E-state index contributed by atoms with van der Waals surface area (Å²) in [4.78, 5) is 11.3. The molecule has 0 atom stereocenters. The van der Waals surface area contributed by atoms with Gasteiger partial charge in [-0.15, -0.1) is 0 Å². The summed E-state index contributed by atoms with van der Waals surface area (Å²) in [5.41, 5.74) is 1.81. The fourth-order valence-electron chi connectivity index (χ4n) is 1.63. The first-order chi connectivity index (χ1) is 7.33. The van der Waals surface area contributed by atoms with Crippen molar-refractivity contribution in [1.82, 2.24) is 0 Å². The molecule has 0 saturated carbocycles. The number of ether oxygens (including phenoxy) is 1. The van der Waals surface area contributed by atoms with Gasteiger partial charge in [0.25, 0.3) is 0 Å². The van der Waals surface area contributed by atoms with E-state index >= 15 is 0 Å². The second kappa shape index (κ2) is 6.35. The number of quaternary nitrogens is 1. The second-order valence-corrected chi connectivity index (χ2v) is 5.03. The van der Waals surface area contributed by atoms with Gasteiger partial charge in [0.15, 0.2) is 5.78 Å². The molecule has 0 heterocycles. The molecule has 0 aliphatic rings. The van der Waals surface area contributed by atoms with Crippen LogP contribution in [0.25, 0.3) is 0 Å². The van der Waals surface area contributed by atoms with Gasteiger partial charge in [-0.1, -0.05) is 0 Å². The highest BCUT2D eigenvalue weighted by Crippen LogP contribution is 2.22. The predicted molar refractivity (Wildman–Crippen MR) is 64.7 cm³/mol. The fraction of sp³-hybridized carbons (Fsp3) is 0.462. The van der Waals surface area contributed by atoms with E-state index in [0.717, 1.165) is 27.9 Å². The minimum absolute atomic E-state index is 0. The lowest BCUT2D eigenvalue weighted by Crippen LogP contribution is -3.00. The van der Waals surface area contributed by atoms with E-state index in [4.69, 9.17) is 4.74 Å². The topological polar surface area (TPSA) is 26.3 Å². The Balaban J connectivity index is 0.00000256. The van der Waals surface area contributed by atoms with Crippen molar-refractivity contribution in [3.8, 4) is 5.75 Å². The van der Waals surface area contributed by atoms with Crippen LogP contribution in [0.5, 0.6) is 5.75 Å². The second-order valence-electron chi connectivity index (χ2n) is 5.03. The van der Waals surface area contributed by atoms with Crippen LogP contribution in [-0.4, -0.2) is 38.5 Å². The number of hydrogen-bond acceptors (Lipinski definition) is 2. The number of nitrogens with zero attached hydrogens (tertiary/aromatic N) is 1. The Kier molecular flexibility index (Phi) is 6.12. The van der Waals surface area contributed by atoms with Crippen molar-refractivity contribution < 1.29 is 38.0 Å². The number of hydrogen-bond donors (Lipinski definition) is 0. The van der Waals surface area contributed by atoms with Crippen molar-refractivity contribution in [2.75, 3.05) is 28.3 Å². The third-order valence-corrected chi connectivity index (χ3v) is 2.33. The molecule has 17 heavy (non-hydrogen) atoms. The lowest BCUT2D eigenvalue weighted by molar-refractivity contribution is -0.884. The molecule has 0 N–H and O–H groups in total. The maximum atomic E-state index is 11.3. The van der Waals surface area contributed by atoms with Gasteiger partial charge in [-0.05, 0) is 25.1 Å². The Morgan fingerprint density at radius 3 is 2.29 bits per heavy atom. The first-order valence-corrected chi connectivity index (χ1v) is 5.32. The zero-order valence-corrected chi connectivity index (χ0v) is 13.2. The molecular weight excluding hydrogens is 329 g/mol. The summed E-state index contributed by atoms with van der Waals surface area (Å²) in [5, 5.41) is 0. The van der Waals surface area contributed by atoms with Gasteiger partial charge >= 0.3 is 0 Å². The molecular formula is C13H20INO2. The number of halogens is 1. The number of ketones is 1. The summed E-state index contributed by atoms with van der Waals surface area (Å²) in [6.45, 7) is 2.42. The van der Waals surface area contributed by atoms with Crippen molar-refractivity contribution in [2.24, 2.45) is 0 Å². The molecule has 4 heteroatoms. The molecule has 3 nitrogen and oxygen atoms in total. The first kappa shape index (κ1) is 16.4. The van der Waals surface area contributed by atoms with E-state index in [0.29, 0.717) is 0 Å². The lowest BCUT2D eigenvalue weighted by atomic mass is 10.1. The SMILES string of the molecule is COc1ccc(C(C)=O)cc1C[N+](C)(C)C.[I-]. The zero-order valence-electron chi connectivity index (χ0n) is 11.1. The summed E-state index contributed by atoms with van der Waals surface area (Å²) >= 11 is 0. The van der Waals surface area contributed by atoms with E-state index < -0.39 is 0 Å². The van der Waals surface area contributed by atoms with Crippen molar-refractivity contribution in [3.05, 3.63) is 29.3 Å².